The van der Waals surface area contributed by atoms with Crippen LogP contribution in [0, 0.1) is 5.41 Å². The lowest BCUT2D eigenvalue weighted by Crippen LogP contribution is -2.56. The van der Waals surface area contributed by atoms with E-state index in [1.807, 2.05) is 24.3 Å². The molecular weight excluding hydrogens is 723 g/mol. The van der Waals surface area contributed by atoms with Gasteiger partial charge in [-0.3, -0.25) is 24.2 Å². The number of fused-ring (bicyclic) bond motifs is 3. The predicted octanol–water partition coefficient (Wildman–Crippen LogP) is 4.88. The van der Waals surface area contributed by atoms with E-state index in [9.17, 15) is 19.5 Å². The highest BCUT2D eigenvalue weighted by Gasteiger charge is 2.38. The summed E-state index contributed by atoms with van der Waals surface area (Å²) in [5.41, 5.74) is 12.7. The third kappa shape index (κ3) is 7.40. The number of primary amides is 1. The van der Waals surface area contributed by atoms with Gasteiger partial charge in [-0.25, -0.2) is 9.97 Å². The summed E-state index contributed by atoms with van der Waals surface area (Å²) in [6, 6.07) is 13.3. The zero-order valence-corrected chi connectivity index (χ0v) is 32.9. The maximum Gasteiger partial charge on any atom is 0.276 e. The Kier molecular flexibility index (Phi) is 10.4. The lowest BCUT2D eigenvalue weighted by Gasteiger charge is -2.45. The van der Waals surface area contributed by atoms with Gasteiger partial charge < -0.3 is 35.7 Å². The van der Waals surface area contributed by atoms with Gasteiger partial charge in [0.05, 0.1) is 29.2 Å². The van der Waals surface area contributed by atoms with Crippen molar-refractivity contribution >= 4 is 46.4 Å². The minimum atomic E-state index is -0.681. The van der Waals surface area contributed by atoms with Gasteiger partial charge in [0.2, 0.25) is 5.91 Å². The summed E-state index contributed by atoms with van der Waals surface area (Å²) in [6.07, 6.45) is 6.76. The summed E-state index contributed by atoms with van der Waals surface area (Å²) in [5.74, 6) is -0.633. The van der Waals surface area contributed by atoms with E-state index in [1.54, 1.807) is 29.3 Å². The molecule has 4 aliphatic rings. The first kappa shape index (κ1) is 38.3. The zero-order chi connectivity index (χ0) is 40.0. The molecule has 14 nitrogen and oxygen atoms in total. The van der Waals surface area contributed by atoms with Gasteiger partial charge in [0.25, 0.3) is 11.8 Å². The van der Waals surface area contributed by atoms with Crippen molar-refractivity contribution in [3.63, 3.8) is 0 Å². The standard InChI is InChI=1S/C43H51N9O5/c1-5-38(54)47-34-21-28(6-9-35(34)50-15-14-49(24-26(50)2)29-11-18-57-19-12-29)46-40-31(39(44)55)7-8-33(48-40)30-10-13-45-41(32(30)25-53)52-17-16-51-36(42(52)56)20-27-22-43(3,4)23-37(27)51/h5-10,13,20-21,26,29,53H,1,11-12,14-19,22-25H2,2-4H3,(H2,44,55)(H,46,48)(H,47,54)/t26-/m0/s1. The number of piperazine rings is 1. The highest BCUT2D eigenvalue weighted by molar-refractivity contribution is 6.06. The topological polar surface area (TPSA) is 171 Å². The van der Waals surface area contributed by atoms with Crippen LogP contribution in [-0.2, 0) is 35.5 Å². The number of carbonyl (C=O) groups excluding carboxylic acids is 3. The van der Waals surface area contributed by atoms with Crippen molar-refractivity contribution in [2.24, 2.45) is 11.1 Å². The van der Waals surface area contributed by atoms with Crippen LogP contribution in [0.2, 0.25) is 0 Å². The van der Waals surface area contributed by atoms with Crippen molar-refractivity contribution in [1.29, 1.82) is 0 Å². The van der Waals surface area contributed by atoms with Gasteiger partial charge in [-0.1, -0.05) is 20.4 Å². The number of anilines is 5. The van der Waals surface area contributed by atoms with Crippen molar-refractivity contribution in [2.75, 3.05) is 59.8 Å². The molecule has 0 radical (unpaired) electrons. The largest absolute Gasteiger partial charge is 0.392 e. The summed E-state index contributed by atoms with van der Waals surface area (Å²) in [7, 11) is 0. The lowest BCUT2D eigenvalue weighted by atomic mass is 9.90. The summed E-state index contributed by atoms with van der Waals surface area (Å²) < 4.78 is 7.73. The van der Waals surface area contributed by atoms with Crippen LogP contribution < -0.4 is 26.2 Å². The fraction of sp³-hybridized carbons (Fsp3) is 0.419. The van der Waals surface area contributed by atoms with Crippen molar-refractivity contribution in [2.45, 2.75) is 71.7 Å². The number of carbonyl (C=O) groups is 3. The highest BCUT2D eigenvalue weighted by Crippen LogP contribution is 2.41. The van der Waals surface area contributed by atoms with Crippen molar-refractivity contribution in [3.8, 4) is 11.3 Å². The molecule has 0 saturated carbocycles. The number of ether oxygens (including phenoxy) is 1. The van der Waals surface area contributed by atoms with Gasteiger partial charge in [0.15, 0.2) is 0 Å². The molecule has 0 bridgehead atoms. The molecule has 0 spiro atoms. The number of hydrogen-bond acceptors (Lipinski definition) is 10. The van der Waals surface area contributed by atoms with Gasteiger partial charge in [0, 0.05) is 86.7 Å². The van der Waals surface area contributed by atoms with Crippen molar-refractivity contribution in [3.05, 3.63) is 89.4 Å². The molecule has 4 aromatic rings. The van der Waals surface area contributed by atoms with Crippen LogP contribution in [0.15, 0.2) is 61.3 Å². The van der Waals surface area contributed by atoms with Crippen LogP contribution in [-0.4, -0.2) is 93.7 Å². The molecule has 1 aliphatic carbocycles. The van der Waals surface area contributed by atoms with Crippen LogP contribution >= 0.6 is 0 Å². The zero-order valence-electron chi connectivity index (χ0n) is 32.9. The molecule has 57 heavy (non-hydrogen) atoms. The molecule has 5 N–H and O–H groups in total. The normalized spacial score (nSPS) is 19.6. The van der Waals surface area contributed by atoms with Crippen molar-refractivity contribution < 1.29 is 24.2 Å². The SMILES string of the molecule is C=CC(=O)Nc1cc(Nc2nc(-c3ccnc(N4CCn5c(cc6c5CC(C)(C)C6)C4=O)c3CO)ccc2C(N)=O)ccc1N1CCN(C2CCOCC2)C[C@@H]1C. The van der Waals surface area contributed by atoms with E-state index >= 15 is 0 Å². The summed E-state index contributed by atoms with van der Waals surface area (Å²) in [4.78, 5) is 55.3. The number of hydrogen-bond donors (Lipinski definition) is 4. The second-order valence-corrected chi connectivity index (χ2v) is 16.3. The minimum absolute atomic E-state index is 0.153. The van der Waals surface area contributed by atoms with Gasteiger partial charge in [-0.05, 0) is 92.1 Å². The molecule has 8 rings (SSSR count). The molecule has 298 valence electrons. The summed E-state index contributed by atoms with van der Waals surface area (Å²) in [5, 5.41) is 17.0. The Hall–Kier alpha value is -5.57. The number of benzene rings is 1. The Labute approximate surface area is 332 Å². The number of nitrogens with zero attached hydrogens (tertiary/aromatic N) is 6. The number of aromatic nitrogens is 3. The fourth-order valence-corrected chi connectivity index (χ4v) is 9.14. The Bertz CT molecular complexity index is 2240. The smallest absolute Gasteiger partial charge is 0.276 e. The van der Waals surface area contributed by atoms with Crippen LogP contribution in [0.1, 0.15) is 71.3 Å². The van der Waals surface area contributed by atoms with Crippen molar-refractivity contribution in [1.82, 2.24) is 19.4 Å². The van der Waals surface area contributed by atoms with E-state index in [0.29, 0.717) is 58.8 Å². The predicted molar refractivity (Wildman–Crippen MR) is 220 cm³/mol. The maximum atomic E-state index is 14.0. The maximum absolute atomic E-state index is 14.0. The molecule has 3 aliphatic heterocycles. The Balaban J connectivity index is 1.08. The molecule has 14 heteroatoms. The number of aliphatic hydroxyl groups is 1. The molecule has 3 amide bonds. The van der Waals surface area contributed by atoms with Crippen LogP contribution in [0.5, 0.6) is 0 Å². The van der Waals surface area contributed by atoms with Gasteiger partial charge in [-0.2, -0.15) is 0 Å². The van der Waals surface area contributed by atoms with Gasteiger partial charge in [0.1, 0.15) is 17.3 Å². The number of pyridine rings is 2. The first-order valence-corrected chi connectivity index (χ1v) is 19.8. The van der Waals surface area contributed by atoms with E-state index in [2.05, 4.69) is 57.3 Å². The van der Waals surface area contributed by atoms with Crippen LogP contribution in [0.25, 0.3) is 11.3 Å². The third-order valence-corrected chi connectivity index (χ3v) is 11.9. The van der Waals surface area contributed by atoms with Gasteiger partial charge in [-0.15, -0.1) is 0 Å². The quantitative estimate of drug-likeness (QED) is 0.163. The first-order chi connectivity index (χ1) is 27.4. The second-order valence-electron chi connectivity index (χ2n) is 16.3. The minimum Gasteiger partial charge on any atom is -0.392 e. The Morgan fingerprint density at radius 3 is 2.61 bits per heavy atom. The lowest BCUT2D eigenvalue weighted by molar-refractivity contribution is -0.111. The number of nitrogens with one attached hydrogen (secondary N) is 2. The van der Waals surface area contributed by atoms with Crippen LogP contribution in [0.4, 0.5) is 28.7 Å². The number of nitrogens with two attached hydrogens (primary N) is 1. The molecule has 0 unspecified atom stereocenters. The fourth-order valence-electron chi connectivity index (χ4n) is 9.14. The molecule has 1 aromatic carbocycles. The molecule has 6 heterocycles. The molecular formula is C43H51N9O5. The average molecular weight is 774 g/mol. The van der Waals surface area contributed by atoms with E-state index in [1.165, 1.54) is 17.3 Å². The Morgan fingerprint density at radius 1 is 1.07 bits per heavy atom. The molecule has 2 saturated heterocycles. The Morgan fingerprint density at radius 2 is 1.88 bits per heavy atom. The molecule has 1 atom stereocenters. The van der Waals surface area contributed by atoms with E-state index in [-0.39, 0.29) is 34.7 Å². The second kappa shape index (κ2) is 15.4. The first-order valence-electron chi connectivity index (χ1n) is 19.8. The number of aliphatic hydroxyl groups excluding tert-OH is 1. The van der Waals surface area contributed by atoms with E-state index in [4.69, 9.17) is 15.5 Å². The number of amides is 3. The van der Waals surface area contributed by atoms with Crippen LogP contribution in [0.3, 0.4) is 0 Å². The average Bonchev–Trinajstić information content (AvgIpc) is 3.70. The molecule has 3 aromatic heterocycles. The van der Waals surface area contributed by atoms with E-state index < -0.39 is 12.5 Å². The third-order valence-electron chi connectivity index (χ3n) is 11.9. The van der Waals surface area contributed by atoms with Gasteiger partial charge >= 0.3 is 0 Å². The monoisotopic (exact) mass is 773 g/mol. The summed E-state index contributed by atoms with van der Waals surface area (Å²) in [6.45, 7) is 15.1. The highest BCUT2D eigenvalue weighted by atomic mass is 16.5. The number of rotatable bonds is 10. The molecule has 2 fully saturated rings. The van der Waals surface area contributed by atoms with E-state index in [0.717, 1.165) is 64.2 Å². The summed E-state index contributed by atoms with van der Waals surface area (Å²) >= 11 is 0.